The first-order valence-electron chi connectivity index (χ1n) is 7.37. The van der Waals surface area contributed by atoms with Gasteiger partial charge in [-0.05, 0) is 26.9 Å². The third kappa shape index (κ3) is 4.18. The quantitative estimate of drug-likeness (QED) is 0.815. The van der Waals surface area contributed by atoms with Gasteiger partial charge in [0.25, 0.3) is 5.91 Å². The molecule has 2 rings (SSSR count). The van der Waals surface area contributed by atoms with E-state index in [0.29, 0.717) is 23.0 Å². The highest BCUT2D eigenvalue weighted by molar-refractivity contribution is 6.34. The van der Waals surface area contributed by atoms with Crippen molar-refractivity contribution in [2.24, 2.45) is 7.05 Å². The summed E-state index contributed by atoms with van der Waals surface area (Å²) >= 11 is 6.10. The smallest absolute Gasteiger partial charge is 0.271 e. The number of likely N-dealkylation sites (N-methyl/N-ethyl adjacent to an activating group) is 1. The number of nitrogens with zero attached hydrogens (tertiary/aromatic N) is 4. The summed E-state index contributed by atoms with van der Waals surface area (Å²) in [5, 5.41) is 7.51. The second kappa shape index (κ2) is 7.24. The zero-order valence-corrected chi connectivity index (χ0v) is 13.8. The van der Waals surface area contributed by atoms with Gasteiger partial charge in [-0.25, -0.2) is 0 Å². The van der Waals surface area contributed by atoms with Crippen LogP contribution in [0.15, 0.2) is 0 Å². The monoisotopic (exact) mass is 313 g/mol. The minimum Gasteiger partial charge on any atom is -0.351 e. The Morgan fingerprint density at radius 2 is 1.95 bits per heavy atom. The molecule has 0 bridgehead atoms. The Morgan fingerprint density at radius 1 is 1.29 bits per heavy atom. The van der Waals surface area contributed by atoms with Crippen LogP contribution in [0.5, 0.6) is 0 Å². The van der Waals surface area contributed by atoms with Crippen molar-refractivity contribution in [3.63, 3.8) is 0 Å². The standard InChI is InChI=1S/C14H24ClN5O/c1-11-12(15)13(19(3)17-11)14(21)16-5-4-6-20-9-7-18(2)8-10-20/h4-10H2,1-3H3,(H,16,21). The van der Waals surface area contributed by atoms with Crippen LogP contribution < -0.4 is 5.32 Å². The largest absolute Gasteiger partial charge is 0.351 e. The van der Waals surface area contributed by atoms with E-state index >= 15 is 0 Å². The Hall–Kier alpha value is -1.11. The van der Waals surface area contributed by atoms with Crippen molar-refractivity contribution in [3.05, 3.63) is 16.4 Å². The minimum atomic E-state index is -0.151. The van der Waals surface area contributed by atoms with E-state index in [-0.39, 0.29) is 5.91 Å². The molecule has 21 heavy (non-hydrogen) atoms. The third-order valence-electron chi connectivity index (χ3n) is 3.90. The van der Waals surface area contributed by atoms with Crippen LogP contribution in [-0.2, 0) is 7.05 Å². The number of carbonyl (C=O) groups excluding carboxylic acids is 1. The molecule has 1 amide bonds. The number of rotatable bonds is 5. The molecule has 0 atom stereocenters. The molecule has 2 heterocycles. The van der Waals surface area contributed by atoms with Crippen molar-refractivity contribution >= 4 is 17.5 Å². The van der Waals surface area contributed by atoms with Crippen LogP contribution in [0.4, 0.5) is 0 Å². The van der Waals surface area contributed by atoms with E-state index in [1.54, 1.807) is 14.0 Å². The molecule has 1 aliphatic rings. The number of piperazine rings is 1. The SMILES string of the molecule is Cc1nn(C)c(C(=O)NCCCN2CCN(C)CC2)c1Cl. The molecule has 1 fully saturated rings. The summed E-state index contributed by atoms with van der Waals surface area (Å²) in [5.74, 6) is -0.151. The van der Waals surface area contributed by atoms with Crippen LogP contribution in [0.1, 0.15) is 22.6 Å². The van der Waals surface area contributed by atoms with Gasteiger partial charge in [-0.2, -0.15) is 5.10 Å². The van der Waals surface area contributed by atoms with Crippen LogP contribution in [0.3, 0.4) is 0 Å². The summed E-state index contributed by atoms with van der Waals surface area (Å²) < 4.78 is 1.54. The number of halogens is 1. The fraction of sp³-hybridized carbons (Fsp3) is 0.714. The number of aromatic nitrogens is 2. The predicted octanol–water partition coefficient (Wildman–Crippen LogP) is 0.749. The fourth-order valence-electron chi connectivity index (χ4n) is 2.54. The van der Waals surface area contributed by atoms with Gasteiger partial charge >= 0.3 is 0 Å². The maximum absolute atomic E-state index is 12.1. The second-order valence-electron chi connectivity index (χ2n) is 5.63. The molecule has 1 aromatic rings. The lowest BCUT2D eigenvalue weighted by Crippen LogP contribution is -2.45. The van der Waals surface area contributed by atoms with Crippen LogP contribution in [0.2, 0.25) is 5.02 Å². The zero-order chi connectivity index (χ0) is 15.4. The molecule has 1 aromatic heterocycles. The number of carbonyl (C=O) groups is 1. The molecular weight excluding hydrogens is 290 g/mol. The first-order valence-corrected chi connectivity index (χ1v) is 7.75. The Morgan fingerprint density at radius 3 is 2.52 bits per heavy atom. The van der Waals surface area contributed by atoms with Gasteiger partial charge in [-0.3, -0.25) is 9.48 Å². The molecule has 0 aromatic carbocycles. The molecule has 118 valence electrons. The molecule has 0 saturated carbocycles. The summed E-state index contributed by atoms with van der Waals surface area (Å²) in [6.07, 6.45) is 0.948. The van der Waals surface area contributed by atoms with Crippen molar-refractivity contribution in [1.82, 2.24) is 24.9 Å². The lowest BCUT2D eigenvalue weighted by molar-refractivity contribution is 0.0940. The van der Waals surface area contributed by atoms with Gasteiger partial charge in [0.1, 0.15) is 5.69 Å². The maximum atomic E-state index is 12.1. The zero-order valence-electron chi connectivity index (χ0n) is 13.0. The Kier molecular flexibility index (Phi) is 5.61. The van der Waals surface area contributed by atoms with Gasteiger partial charge in [0.2, 0.25) is 0 Å². The van der Waals surface area contributed by atoms with Crippen molar-refractivity contribution in [3.8, 4) is 0 Å². The minimum absolute atomic E-state index is 0.151. The van der Waals surface area contributed by atoms with Crippen LogP contribution >= 0.6 is 11.6 Å². The van der Waals surface area contributed by atoms with Crippen LogP contribution in [0.25, 0.3) is 0 Å². The maximum Gasteiger partial charge on any atom is 0.271 e. The molecular formula is C14H24ClN5O. The predicted molar refractivity (Wildman–Crippen MR) is 83.8 cm³/mol. The number of amides is 1. The molecule has 0 aliphatic carbocycles. The molecule has 0 radical (unpaired) electrons. The topological polar surface area (TPSA) is 53.4 Å². The molecule has 0 spiro atoms. The van der Waals surface area contributed by atoms with Gasteiger partial charge in [-0.15, -0.1) is 0 Å². The average molecular weight is 314 g/mol. The van der Waals surface area contributed by atoms with Gasteiger partial charge in [0.15, 0.2) is 0 Å². The van der Waals surface area contributed by atoms with E-state index in [2.05, 4.69) is 27.3 Å². The normalized spacial score (nSPS) is 17.1. The van der Waals surface area contributed by atoms with E-state index < -0.39 is 0 Å². The Balaban J connectivity index is 1.72. The highest BCUT2D eigenvalue weighted by atomic mass is 35.5. The summed E-state index contributed by atoms with van der Waals surface area (Å²) in [6, 6.07) is 0. The van der Waals surface area contributed by atoms with Gasteiger partial charge in [0, 0.05) is 39.8 Å². The molecule has 1 aliphatic heterocycles. The molecule has 1 saturated heterocycles. The number of nitrogens with one attached hydrogen (secondary N) is 1. The number of hydrogen-bond donors (Lipinski definition) is 1. The average Bonchev–Trinajstić information content (AvgIpc) is 2.70. The Bertz CT molecular complexity index is 494. The first-order chi connectivity index (χ1) is 9.99. The number of hydrogen-bond acceptors (Lipinski definition) is 4. The lowest BCUT2D eigenvalue weighted by Gasteiger charge is -2.32. The van der Waals surface area contributed by atoms with Gasteiger partial charge in [0.05, 0.1) is 10.7 Å². The van der Waals surface area contributed by atoms with Crippen LogP contribution in [0, 0.1) is 6.92 Å². The molecule has 0 unspecified atom stereocenters. The lowest BCUT2D eigenvalue weighted by atomic mass is 10.3. The fourth-order valence-corrected chi connectivity index (χ4v) is 2.78. The second-order valence-corrected chi connectivity index (χ2v) is 6.00. The van der Waals surface area contributed by atoms with Crippen molar-refractivity contribution in [2.45, 2.75) is 13.3 Å². The Labute approximate surface area is 131 Å². The number of aryl methyl sites for hydroxylation is 2. The molecule has 1 N–H and O–H groups in total. The van der Waals surface area contributed by atoms with Crippen molar-refractivity contribution in [1.29, 1.82) is 0 Å². The van der Waals surface area contributed by atoms with E-state index in [4.69, 9.17) is 11.6 Å². The van der Waals surface area contributed by atoms with E-state index in [9.17, 15) is 4.79 Å². The van der Waals surface area contributed by atoms with E-state index in [0.717, 1.165) is 39.1 Å². The first kappa shape index (κ1) is 16.3. The summed E-state index contributed by atoms with van der Waals surface area (Å²) in [5.41, 5.74) is 1.12. The van der Waals surface area contributed by atoms with Crippen LogP contribution in [-0.4, -0.2) is 71.8 Å². The third-order valence-corrected chi connectivity index (χ3v) is 4.35. The van der Waals surface area contributed by atoms with Crippen molar-refractivity contribution in [2.75, 3.05) is 46.3 Å². The molecule has 7 heteroatoms. The van der Waals surface area contributed by atoms with Crippen molar-refractivity contribution < 1.29 is 4.79 Å². The molecule has 6 nitrogen and oxygen atoms in total. The van der Waals surface area contributed by atoms with Gasteiger partial charge < -0.3 is 15.1 Å². The summed E-state index contributed by atoms with van der Waals surface area (Å²) in [6.45, 7) is 7.94. The summed E-state index contributed by atoms with van der Waals surface area (Å²) in [7, 11) is 3.88. The van der Waals surface area contributed by atoms with E-state index in [1.165, 1.54) is 4.68 Å². The highest BCUT2D eigenvalue weighted by Crippen LogP contribution is 2.18. The summed E-state index contributed by atoms with van der Waals surface area (Å²) in [4.78, 5) is 16.9. The highest BCUT2D eigenvalue weighted by Gasteiger charge is 2.18. The van der Waals surface area contributed by atoms with E-state index in [1.807, 2.05) is 0 Å². The van der Waals surface area contributed by atoms with Gasteiger partial charge in [-0.1, -0.05) is 11.6 Å².